The summed E-state index contributed by atoms with van der Waals surface area (Å²) in [6.07, 6.45) is 16.5. The van der Waals surface area contributed by atoms with E-state index in [0.29, 0.717) is 6.42 Å². The quantitative estimate of drug-likeness (QED) is 0.0581. The van der Waals surface area contributed by atoms with Crippen LogP contribution in [-0.4, -0.2) is 72.6 Å². The molecule has 0 unspecified atom stereocenters. The van der Waals surface area contributed by atoms with E-state index in [9.17, 15) is 24.0 Å². The van der Waals surface area contributed by atoms with Gasteiger partial charge in [0.25, 0.3) is 0 Å². The fourth-order valence-corrected chi connectivity index (χ4v) is 5.26. The number of hydrogen-bond donors (Lipinski definition) is 0. The zero-order valence-electron chi connectivity index (χ0n) is 29.3. The molecule has 0 radical (unpaired) electrons. The Balaban J connectivity index is 2.70. The summed E-state index contributed by atoms with van der Waals surface area (Å²) in [7, 11) is 0. The van der Waals surface area contributed by atoms with Crippen molar-refractivity contribution >= 4 is 29.8 Å². The largest absolute Gasteiger partial charge is 0.463 e. The Morgan fingerprint density at radius 3 is 1.72 bits per heavy atom. The molecule has 1 aliphatic heterocycles. The van der Waals surface area contributed by atoms with Crippen molar-refractivity contribution in [1.29, 1.82) is 0 Å². The molecular formula is C36H56O11. The molecule has 266 valence electrons. The molecule has 0 bridgehead atoms. The van der Waals surface area contributed by atoms with E-state index >= 15 is 0 Å². The maximum atomic E-state index is 12.8. The van der Waals surface area contributed by atoms with Crippen molar-refractivity contribution in [1.82, 2.24) is 0 Å². The van der Waals surface area contributed by atoms with E-state index in [1.54, 1.807) is 13.8 Å². The maximum Gasteiger partial charge on any atom is 0.306 e. The van der Waals surface area contributed by atoms with Gasteiger partial charge in [0.1, 0.15) is 24.4 Å². The lowest BCUT2D eigenvalue weighted by molar-refractivity contribution is -0.258. The zero-order chi connectivity index (χ0) is 35.2. The summed E-state index contributed by atoms with van der Waals surface area (Å²) in [6.45, 7) is 9.93. The van der Waals surface area contributed by atoms with E-state index in [-0.39, 0.29) is 25.4 Å². The van der Waals surface area contributed by atoms with Crippen molar-refractivity contribution in [2.45, 2.75) is 155 Å². The van der Waals surface area contributed by atoms with Crippen molar-refractivity contribution in [2.24, 2.45) is 0 Å². The van der Waals surface area contributed by atoms with Crippen LogP contribution in [0.5, 0.6) is 0 Å². The predicted molar refractivity (Wildman–Crippen MR) is 176 cm³/mol. The Kier molecular flexibility index (Phi) is 20.3. The van der Waals surface area contributed by atoms with Gasteiger partial charge in [-0.2, -0.15) is 0 Å². The lowest BCUT2D eigenvalue weighted by Crippen LogP contribution is -2.63. The minimum Gasteiger partial charge on any atom is -0.463 e. The van der Waals surface area contributed by atoms with Gasteiger partial charge in [0.05, 0.1) is 0 Å². The molecule has 11 heteroatoms. The fourth-order valence-electron chi connectivity index (χ4n) is 5.26. The van der Waals surface area contributed by atoms with Crippen LogP contribution in [0.2, 0.25) is 0 Å². The molecule has 0 aromatic rings. The van der Waals surface area contributed by atoms with Crippen LogP contribution in [0.1, 0.15) is 119 Å². The number of allylic oxidation sites excluding steroid dienone is 6. The Labute approximate surface area is 280 Å². The number of carbonyl (C=O) groups is 5. The second kappa shape index (κ2) is 23.0. The smallest absolute Gasteiger partial charge is 0.306 e. The summed E-state index contributed by atoms with van der Waals surface area (Å²) in [5.74, 6) is -3.07. The van der Waals surface area contributed by atoms with E-state index in [2.05, 4.69) is 43.4 Å². The molecule has 1 aliphatic rings. The summed E-state index contributed by atoms with van der Waals surface area (Å²) in [5.41, 5.74) is -1.07. The first-order valence-corrected chi connectivity index (χ1v) is 16.7. The summed E-state index contributed by atoms with van der Waals surface area (Å²) in [6, 6.07) is 0. The third kappa shape index (κ3) is 19.1. The van der Waals surface area contributed by atoms with Gasteiger partial charge >= 0.3 is 29.8 Å². The monoisotopic (exact) mass is 664 g/mol. The van der Waals surface area contributed by atoms with Crippen LogP contribution < -0.4 is 0 Å². The summed E-state index contributed by atoms with van der Waals surface area (Å²) >= 11 is 0. The standard InChI is InChI=1S/C36H56O11/c1-8-9-10-11-12-13-14-15-16-17-18-19-20-21-22-23-32(41)47-36(6,7)24-30-33(43-27(3)38)35(45-29(5)40)34(44-28(4)39)31(46-30)25-42-26(2)37/h9-10,12-13,15-16,30-31,33-35H,8,11,14,17-25H2,1-7H3/b10-9-,13-12-,16-15-/t30-,31+,33-,34-,35+/m0/s1. The first kappa shape index (κ1) is 41.6. The van der Waals surface area contributed by atoms with Gasteiger partial charge in [-0.25, -0.2) is 0 Å². The van der Waals surface area contributed by atoms with Gasteiger partial charge in [-0.05, 0) is 52.4 Å². The van der Waals surface area contributed by atoms with Crippen molar-refractivity contribution in [3.8, 4) is 0 Å². The van der Waals surface area contributed by atoms with Gasteiger partial charge in [-0.15, -0.1) is 0 Å². The van der Waals surface area contributed by atoms with Crippen molar-refractivity contribution < 1.29 is 52.4 Å². The third-order valence-electron chi connectivity index (χ3n) is 7.20. The molecule has 1 saturated heterocycles. The molecule has 47 heavy (non-hydrogen) atoms. The Bertz CT molecular complexity index is 1070. The van der Waals surface area contributed by atoms with Crippen LogP contribution in [-0.2, 0) is 52.4 Å². The normalized spacial score (nSPS) is 21.6. The molecule has 0 spiro atoms. The first-order valence-electron chi connectivity index (χ1n) is 16.7. The van der Waals surface area contributed by atoms with Gasteiger partial charge in [0, 0.05) is 40.5 Å². The molecule has 0 aliphatic carbocycles. The van der Waals surface area contributed by atoms with E-state index in [4.69, 9.17) is 28.4 Å². The Morgan fingerprint density at radius 1 is 0.638 bits per heavy atom. The molecule has 11 nitrogen and oxygen atoms in total. The molecule has 1 rings (SSSR count). The average Bonchev–Trinajstić information content (AvgIpc) is 2.96. The van der Waals surface area contributed by atoms with Gasteiger partial charge < -0.3 is 28.4 Å². The SMILES string of the molecule is CC/C=C\C/C=C\C/C=C\CCCCCCCC(=O)OC(C)(C)C[C@@H]1O[C@H](COC(C)=O)[C@H](OC(C)=O)[C@H](OC(C)=O)[C@H]1OC(C)=O. The van der Waals surface area contributed by atoms with Crippen molar-refractivity contribution in [3.63, 3.8) is 0 Å². The van der Waals surface area contributed by atoms with Gasteiger partial charge in [-0.3, -0.25) is 24.0 Å². The van der Waals surface area contributed by atoms with Gasteiger partial charge in [0.2, 0.25) is 0 Å². The second-order valence-electron chi connectivity index (χ2n) is 12.3. The lowest BCUT2D eigenvalue weighted by Gasteiger charge is -2.46. The Hall–Kier alpha value is -3.47. The highest BCUT2D eigenvalue weighted by Crippen LogP contribution is 2.34. The predicted octanol–water partition coefficient (Wildman–Crippen LogP) is 6.41. The highest BCUT2D eigenvalue weighted by molar-refractivity contribution is 5.70. The van der Waals surface area contributed by atoms with Crippen molar-refractivity contribution in [3.05, 3.63) is 36.5 Å². The number of carbonyl (C=O) groups excluding carboxylic acids is 5. The minimum absolute atomic E-state index is 0.0387. The van der Waals surface area contributed by atoms with E-state index in [1.165, 1.54) is 13.8 Å². The molecular weight excluding hydrogens is 608 g/mol. The molecule has 0 N–H and O–H groups in total. The number of ether oxygens (including phenoxy) is 6. The number of esters is 5. The summed E-state index contributed by atoms with van der Waals surface area (Å²) in [4.78, 5) is 60.4. The highest BCUT2D eigenvalue weighted by atomic mass is 16.7. The van der Waals surface area contributed by atoms with Crippen LogP contribution in [0.25, 0.3) is 0 Å². The fraction of sp³-hybridized carbons (Fsp3) is 0.694. The molecule has 0 aromatic heterocycles. The van der Waals surface area contributed by atoms with Crippen LogP contribution in [0.15, 0.2) is 36.5 Å². The lowest BCUT2D eigenvalue weighted by atomic mass is 9.88. The van der Waals surface area contributed by atoms with E-state index < -0.39 is 60.0 Å². The van der Waals surface area contributed by atoms with E-state index in [1.807, 2.05) is 0 Å². The minimum atomic E-state index is -1.27. The van der Waals surface area contributed by atoms with Gasteiger partial charge in [-0.1, -0.05) is 62.6 Å². The molecule has 0 amide bonds. The third-order valence-corrected chi connectivity index (χ3v) is 7.20. The Morgan fingerprint density at radius 2 is 1.15 bits per heavy atom. The summed E-state index contributed by atoms with van der Waals surface area (Å²) < 4.78 is 33.5. The first-order chi connectivity index (χ1) is 22.3. The number of hydrogen-bond acceptors (Lipinski definition) is 11. The van der Waals surface area contributed by atoms with Crippen LogP contribution in [0.4, 0.5) is 0 Å². The average molecular weight is 665 g/mol. The maximum absolute atomic E-state index is 12.8. The summed E-state index contributed by atoms with van der Waals surface area (Å²) in [5, 5.41) is 0. The molecule has 5 atom stereocenters. The molecule has 1 heterocycles. The van der Waals surface area contributed by atoms with Crippen LogP contribution >= 0.6 is 0 Å². The zero-order valence-corrected chi connectivity index (χ0v) is 29.3. The van der Waals surface area contributed by atoms with Gasteiger partial charge in [0.15, 0.2) is 18.3 Å². The van der Waals surface area contributed by atoms with E-state index in [0.717, 1.165) is 65.2 Å². The van der Waals surface area contributed by atoms with Crippen LogP contribution in [0, 0.1) is 0 Å². The highest BCUT2D eigenvalue weighted by Gasteiger charge is 2.53. The van der Waals surface area contributed by atoms with Crippen LogP contribution in [0.3, 0.4) is 0 Å². The molecule has 0 aromatic carbocycles. The number of rotatable bonds is 21. The van der Waals surface area contributed by atoms with Crippen molar-refractivity contribution in [2.75, 3.05) is 6.61 Å². The topological polar surface area (TPSA) is 141 Å². The number of unbranched alkanes of at least 4 members (excludes halogenated alkanes) is 5. The molecule has 1 fully saturated rings. The second-order valence-corrected chi connectivity index (χ2v) is 12.3. The molecule has 0 saturated carbocycles.